The van der Waals surface area contributed by atoms with Crippen LogP contribution in [0.5, 0.6) is 0 Å². The second kappa shape index (κ2) is 4.24. The quantitative estimate of drug-likeness (QED) is 0.590. The van der Waals surface area contributed by atoms with Crippen molar-refractivity contribution in [3.05, 3.63) is 0 Å². The first kappa shape index (κ1) is 9.23. The molecule has 1 fully saturated rings. The van der Waals surface area contributed by atoms with E-state index in [9.17, 15) is 9.59 Å². The molecule has 0 aliphatic carbocycles. The van der Waals surface area contributed by atoms with Gasteiger partial charge in [-0.3, -0.25) is 4.79 Å². The molecule has 0 N–H and O–H groups in total. The van der Waals surface area contributed by atoms with E-state index in [1.165, 1.54) is 0 Å². The number of amides is 1. The second-order valence-corrected chi connectivity index (χ2v) is 3.18. The maximum Gasteiger partial charge on any atom is 0.223 e. The zero-order valence-electron chi connectivity index (χ0n) is 7.45. The van der Waals surface area contributed by atoms with Gasteiger partial charge in [0.2, 0.25) is 5.91 Å². The Morgan fingerprint density at radius 2 is 2.42 bits per heavy atom. The first-order chi connectivity index (χ1) is 5.79. The molecule has 0 radical (unpaired) electrons. The first-order valence-corrected chi connectivity index (χ1v) is 4.54. The van der Waals surface area contributed by atoms with Crippen molar-refractivity contribution in [3.8, 4) is 0 Å². The summed E-state index contributed by atoms with van der Waals surface area (Å²) in [5.74, 6) is 0.132. The second-order valence-electron chi connectivity index (χ2n) is 3.18. The van der Waals surface area contributed by atoms with Gasteiger partial charge in [-0.15, -0.1) is 0 Å². The van der Waals surface area contributed by atoms with Crippen LogP contribution in [0.1, 0.15) is 32.6 Å². The molecule has 12 heavy (non-hydrogen) atoms. The van der Waals surface area contributed by atoms with Gasteiger partial charge in [0.05, 0.1) is 6.04 Å². The van der Waals surface area contributed by atoms with Crippen LogP contribution in [0.4, 0.5) is 0 Å². The summed E-state index contributed by atoms with van der Waals surface area (Å²) in [6.07, 6.45) is 4.14. The van der Waals surface area contributed by atoms with Crippen LogP contribution < -0.4 is 0 Å². The van der Waals surface area contributed by atoms with Crippen molar-refractivity contribution < 1.29 is 9.59 Å². The molecule has 1 unspecified atom stereocenters. The predicted octanol–water partition coefficient (Wildman–Crippen LogP) is 0.976. The van der Waals surface area contributed by atoms with E-state index in [-0.39, 0.29) is 11.9 Å². The molecule has 0 spiro atoms. The standard InChI is InChI=1S/C9H15NO2/c1-2-4-9(12)10-6-3-5-8(10)7-11/h7-8H,2-6H2,1H3. The van der Waals surface area contributed by atoms with Gasteiger partial charge in [-0.05, 0) is 19.3 Å². The molecule has 68 valence electrons. The van der Waals surface area contributed by atoms with Crippen LogP contribution in [0.15, 0.2) is 0 Å². The summed E-state index contributed by atoms with van der Waals surface area (Å²) in [6, 6.07) is -0.135. The summed E-state index contributed by atoms with van der Waals surface area (Å²) in [5, 5.41) is 0. The van der Waals surface area contributed by atoms with E-state index in [0.717, 1.165) is 32.1 Å². The Kier molecular flexibility index (Phi) is 3.26. The van der Waals surface area contributed by atoms with Gasteiger partial charge in [0.25, 0.3) is 0 Å². The largest absolute Gasteiger partial charge is 0.333 e. The highest BCUT2D eigenvalue weighted by Gasteiger charge is 2.27. The van der Waals surface area contributed by atoms with E-state index >= 15 is 0 Å². The van der Waals surface area contributed by atoms with Crippen molar-refractivity contribution in [2.45, 2.75) is 38.6 Å². The highest BCUT2D eigenvalue weighted by molar-refractivity contribution is 5.80. The Hall–Kier alpha value is -0.860. The zero-order valence-corrected chi connectivity index (χ0v) is 7.45. The van der Waals surface area contributed by atoms with Gasteiger partial charge in [-0.25, -0.2) is 0 Å². The lowest BCUT2D eigenvalue weighted by molar-refractivity contribution is -0.134. The molecule has 1 aliphatic rings. The van der Waals surface area contributed by atoms with Crippen molar-refractivity contribution in [2.24, 2.45) is 0 Å². The third kappa shape index (κ3) is 1.84. The normalized spacial score (nSPS) is 22.8. The predicted molar refractivity (Wildman–Crippen MR) is 45.7 cm³/mol. The van der Waals surface area contributed by atoms with Crippen molar-refractivity contribution in [1.29, 1.82) is 0 Å². The summed E-state index contributed by atoms with van der Waals surface area (Å²) in [6.45, 7) is 2.74. The van der Waals surface area contributed by atoms with E-state index in [1.807, 2.05) is 6.92 Å². The summed E-state index contributed by atoms with van der Waals surface area (Å²) in [4.78, 5) is 23.6. The van der Waals surface area contributed by atoms with Gasteiger partial charge >= 0.3 is 0 Å². The fourth-order valence-corrected chi connectivity index (χ4v) is 1.60. The van der Waals surface area contributed by atoms with Crippen LogP contribution in [-0.4, -0.2) is 29.7 Å². The minimum atomic E-state index is -0.135. The van der Waals surface area contributed by atoms with Crippen LogP contribution >= 0.6 is 0 Å². The average molecular weight is 169 g/mol. The monoisotopic (exact) mass is 169 g/mol. The van der Waals surface area contributed by atoms with Crippen LogP contribution in [0, 0.1) is 0 Å². The van der Waals surface area contributed by atoms with E-state index in [1.54, 1.807) is 4.90 Å². The van der Waals surface area contributed by atoms with Gasteiger partial charge in [-0.1, -0.05) is 6.92 Å². The summed E-state index contributed by atoms with van der Waals surface area (Å²) < 4.78 is 0. The molecule has 1 heterocycles. The SMILES string of the molecule is CCCC(=O)N1CCCC1C=O. The molecule has 0 bridgehead atoms. The van der Waals surface area contributed by atoms with Crippen molar-refractivity contribution in [2.75, 3.05) is 6.54 Å². The van der Waals surface area contributed by atoms with Crippen LogP contribution in [0.25, 0.3) is 0 Å². The van der Waals surface area contributed by atoms with Gasteiger partial charge in [0.15, 0.2) is 0 Å². The van der Waals surface area contributed by atoms with Crippen LogP contribution in [-0.2, 0) is 9.59 Å². The number of rotatable bonds is 3. The molecule has 1 aliphatic heterocycles. The first-order valence-electron chi connectivity index (χ1n) is 4.54. The molecule has 0 aromatic heterocycles. The number of carbonyl (C=O) groups excluding carboxylic acids is 2. The molecule has 1 atom stereocenters. The molecule has 1 amide bonds. The smallest absolute Gasteiger partial charge is 0.223 e. The lowest BCUT2D eigenvalue weighted by Gasteiger charge is -2.19. The molecule has 3 nitrogen and oxygen atoms in total. The third-order valence-electron chi connectivity index (χ3n) is 2.24. The number of hydrogen-bond donors (Lipinski definition) is 0. The third-order valence-corrected chi connectivity index (χ3v) is 2.24. The number of carbonyl (C=O) groups is 2. The van der Waals surface area contributed by atoms with E-state index < -0.39 is 0 Å². The molecular formula is C9H15NO2. The highest BCUT2D eigenvalue weighted by Crippen LogP contribution is 2.16. The minimum Gasteiger partial charge on any atom is -0.333 e. The van der Waals surface area contributed by atoms with Crippen molar-refractivity contribution in [1.82, 2.24) is 4.90 Å². The topological polar surface area (TPSA) is 37.4 Å². The highest BCUT2D eigenvalue weighted by atomic mass is 16.2. The zero-order chi connectivity index (χ0) is 8.97. The summed E-state index contributed by atoms with van der Waals surface area (Å²) >= 11 is 0. The average Bonchev–Trinajstić information content (AvgIpc) is 2.51. The maximum atomic E-state index is 11.4. The molecule has 0 aromatic carbocycles. The number of likely N-dealkylation sites (tertiary alicyclic amines) is 1. The Labute approximate surface area is 72.7 Å². The van der Waals surface area contributed by atoms with Gasteiger partial charge in [-0.2, -0.15) is 0 Å². The van der Waals surface area contributed by atoms with Gasteiger partial charge < -0.3 is 9.69 Å². The molecular weight excluding hydrogens is 154 g/mol. The van der Waals surface area contributed by atoms with Crippen LogP contribution in [0.3, 0.4) is 0 Å². The number of nitrogens with zero attached hydrogens (tertiary/aromatic N) is 1. The Morgan fingerprint density at radius 3 is 3.00 bits per heavy atom. The fourth-order valence-electron chi connectivity index (χ4n) is 1.60. The molecule has 1 rings (SSSR count). The summed E-state index contributed by atoms with van der Waals surface area (Å²) in [7, 11) is 0. The lowest BCUT2D eigenvalue weighted by Crippen LogP contribution is -2.36. The molecule has 3 heteroatoms. The molecule has 1 saturated heterocycles. The van der Waals surface area contributed by atoms with Gasteiger partial charge in [0.1, 0.15) is 6.29 Å². The molecule has 0 aromatic rings. The Bertz CT molecular complexity index is 179. The Morgan fingerprint density at radius 1 is 1.67 bits per heavy atom. The van der Waals surface area contributed by atoms with Crippen molar-refractivity contribution in [3.63, 3.8) is 0 Å². The van der Waals surface area contributed by atoms with Crippen molar-refractivity contribution >= 4 is 12.2 Å². The Balaban J connectivity index is 2.49. The number of hydrogen-bond acceptors (Lipinski definition) is 2. The molecule has 0 saturated carbocycles. The van der Waals surface area contributed by atoms with E-state index in [0.29, 0.717) is 6.42 Å². The fraction of sp³-hybridized carbons (Fsp3) is 0.778. The van der Waals surface area contributed by atoms with E-state index in [4.69, 9.17) is 0 Å². The van der Waals surface area contributed by atoms with Gasteiger partial charge in [0, 0.05) is 13.0 Å². The number of aldehydes is 1. The van der Waals surface area contributed by atoms with E-state index in [2.05, 4.69) is 0 Å². The minimum absolute atomic E-state index is 0.132. The lowest BCUT2D eigenvalue weighted by atomic mass is 10.2. The summed E-state index contributed by atoms with van der Waals surface area (Å²) in [5.41, 5.74) is 0. The maximum absolute atomic E-state index is 11.4. The van der Waals surface area contributed by atoms with Crippen LogP contribution in [0.2, 0.25) is 0 Å².